The van der Waals surface area contributed by atoms with Crippen molar-refractivity contribution in [2.75, 3.05) is 19.6 Å². The monoisotopic (exact) mass is 400 g/mol. The molecule has 0 aromatic rings. The first kappa shape index (κ1) is 25.9. The number of thiocarbonyl (C=S) groups is 1. The molecule has 0 saturated heterocycles. The zero-order valence-electron chi connectivity index (χ0n) is 17.2. The van der Waals surface area contributed by atoms with Crippen molar-refractivity contribution in [2.24, 2.45) is 0 Å². The Bertz CT molecular complexity index is 319. The summed E-state index contributed by atoms with van der Waals surface area (Å²) in [7, 11) is 0. The lowest BCUT2D eigenvalue weighted by Gasteiger charge is -2.05. The van der Waals surface area contributed by atoms with Crippen LogP contribution in [0.25, 0.3) is 0 Å². The van der Waals surface area contributed by atoms with Crippen molar-refractivity contribution in [3.05, 3.63) is 12.2 Å². The second-order valence-corrected chi connectivity index (χ2v) is 8.43. The zero-order chi connectivity index (χ0) is 19.1. The third-order valence-electron chi connectivity index (χ3n) is 4.67. The summed E-state index contributed by atoms with van der Waals surface area (Å²) in [6.45, 7) is 5.41. The molecule has 0 rings (SSSR count). The van der Waals surface area contributed by atoms with Crippen molar-refractivity contribution < 1.29 is 0 Å². The lowest BCUT2D eigenvalue weighted by Crippen LogP contribution is -2.23. The third kappa shape index (κ3) is 23.9. The summed E-state index contributed by atoms with van der Waals surface area (Å²) in [5.41, 5.74) is 0. The number of thiol groups is 1. The van der Waals surface area contributed by atoms with Crippen molar-refractivity contribution in [3.8, 4) is 0 Å². The van der Waals surface area contributed by atoms with Gasteiger partial charge in [0.1, 0.15) is 4.32 Å². The highest BCUT2D eigenvalue weighted by atomic mass is 32.1. The molecule has 26 heavy (non-hydrogen) atoms. The molecular formula is C22H44N2S2. The predicted molar refractivity (Wildman–Crippen MR) is 127 cm³/mol. The van der Waals surface area contributed by atoms with E-state index in [1.54, 1.807) is 0 Å². The number of hydrogen-bond donors (Lipinski definition) is 3. The van der Waals surface area contributed by atoms with Crippen LogP contribution in [-0.2, 0) is 0 Å². The van der Waals surface area contributed by atoms with Gasteiger partial charge in [-0.1, -0.05) is 89.1 Å². The van der Waals surface area contributed by atoms with Gasteiger partial charge in [-0.15, -0.1) is 12.6 Å². The van der Waals surface area contributed by atoms with Crippen LogP contribution in [0.3, 0.4) is 0 Å². The van der Waals surface area contributed by atoms with Crippen molar-refractivity contribution in [2.45, 2.75) is 103 Å². The topological polar surface area (TPSA) is 24.1 Å². The van der Waals surface area contributed by atoms with E-state index in [4.69, 9.17) is 12.2 Å². The predicted octanol–water partition coefficient (Wildman–Crippen LogP) is 6.81. The quantitative estimate of drug-likeness (QED) is 0.0905. The molecule has 0 bridgehead atoms. The van der Waals surface area contributed by atoms with E-state index in [2.05, 4.69) is 42.3 Å². The molecule has 0 aliphatic rings. The van der Waals surface area contributed by atoms with E-state index >= 15 is 0 Å². The molecule has 0 saturated carbocycles. The molecule has 0 fully saturated rings. The Morgan fingerprint density at radius 2 is 1.19 bits per heavy atom. The molecule has 0 radical (unpaired) electrons. The standard InChI is InChI=1S/C22H44N2S2/c1-2-3-4-5-6-7-8-9-10-11-12-13-14-15-16-17-19-23-20-18-21-24-22(25)26/h9-10,23H,2-8,11-21H2,1H3,(H2,24,25,26). The smallest absolute Gasteiger partial charge is 0.130 e. The maximum absolute atomic E-state index is 4.85. The third-order valence-corrected chi connectivity index (χ3v) is 4.97. The Hall–Kier alpha value is -0.0600. The summed E-state index contributed by atoms with van der Waals surface area (Å²) in [6.07, 6.45) is 25.1. The average molecular weight is 401 g/mol. The van der Waals surface area contributed by atoms with Crippen LogP contribution in [0, 0.1) is 0 Å². The summed E-state index contributed by atoms with van der Waals surface area (Å²) < 4.78 is 0.596. The lowest BCUT2D eigenvalue weighted by atomic mass is 10.1. The van der Waals surface area contributed by atoms with Gasteiger partial charge in [0.2, 0.25) is 0 Å². The molecule has 4 heteroatoms. The molecule has 0 unspecified atom stereocenters. The van der Waals surface area contributed by atoms with E-state index in [0.717, 1.165) is 26.1 Å². The minimum Gasteiger partial charge on any atom is -0.371 e. The molecule has 0 amide bonds. The lowest BCUT2D eigenvalue weighted by molar-refractivity contribution is 0.559. The fourth-order valence-corrected chi connectivity index (χ4v) is 3.25. The van der Waals surface area contributed by atoms with Gasteiger partial charge in [-0.25, -0.2) is 0 Å². The van der Waals surface area contributed by atoms with Crippen LogP contribution in [0.1, 0.15) is 103 Å². The first-order valence-corrected chi connectivity index (χ1v) is 12.0. The highest BCUT2D eigenvalue weighted by Gasteiger charge is 1.93. The fourth-order valence-electron chi connectivity index (χ4n) is 3.03. The van der Waals surface area contributed by atoms with E-state index in [9.17, 15) is 0 Å². The van der Waals surface area contributed by atoms with Crippen LogP contribution in [0.15, 0.2) is 12.2 Å². The highest BCUT2D eigenvalue weighted by Crippen LogP contribution is 2.09. The Morgan fingerprint density at radius 1 is 0.692 bits per heavy atom. The van der Waals surface area contributed by atoms with Crippen molar-refractivity contribution in [1.29, 1.82) is 0 Å². The van der Waals surface area contributed by atoms with Gasteiger partial charge in [0.05, 0.1) is 0 Å². The normalized spacial score (nSPS) is 11.3. The van der Waals surface area contributed by atoms with Gasteiger partial charge in [-0.3, -0.25) is 0 Å². The summed E-state index contributed by atoms with van der Waals surface area (Å²) in [6, 6.07) is 0. The Kier molecular flexibility index (Phi) is 22.9. The van der Waals surface area contributed by atoms with Crippen LogP contribution in [0.4, 0.5) is 0 Å². The van der Waals surface area contributed by atoms with Gasteiger partial charge in [0, 0.05) is 6.54 Å². The van der Waals surface area contributed by atoms with Gasteiger partial charge < -0.3 is 10.6 Å². The van der Waals surface area contributed by atoms with Gasteiger partial charge >= 0.3 is 0 Å². The average Bonchev–Trinajstić information content (AvgIpc) is 2.62. The SMILES string of the molecule is CCCCCCCCC=CCCCCCCCCNCCCNC(=S)S. The van der Waals surface area contributed by atoms with E-state index < -0.39 is 0 Å². The molecule has 0 heterocycles. The summed E-state index contributed by atoms with van der Waals surface area (Å²) in [4.78, 5) is 0. The fraction of sp³-hybridized carbons (Fsp3) is 0.864. The summed E-state index contributed by atoms with van der Waals surface area (Å²) in [5.74, 6) is 0. The van der Waals surface area contributed by atoms with Gasteiger partial charge in [0.25, 0.3) is 0 Å². The number of rotatable bonds is 20. The molecular weight excluding hydrogens is 356 g/mol. The van der Waals surface area contributed by atoms with Gasteiger partial charge in [-0.2, -0.15) is 0 Å². The molecule has 0 aliphatic heterocycles. The van der Waals surface area contributed by atoms with Crippen LogP contribution < -0.4 is 10.6 Å². The molecule has 0 aromatic heterocycles. The molecule has 2 nitrogen and oxygen atoms in total. The second-order valence-electron chi connectivity index (χ2n) is 7.27. The first-order chi connectivity index (χ1) is 12.8. The minimum atomic E-state index is 0.596. The molecule has 0 spiro atoms. The molecule has 2 N–H and O–H groups in total. The Labute approximate surface area is 174 Å². The zero-order valence-corrected chi connectivity index (χ0v) is 18.9. The highest BCUT2D eigenvalue weighted by molar-refractivity contribution is 8.11. The van der Waals surface area contributed by atoms with Crippen LogP contribution >= 0.6 is 24.8 Å². The Morgan fingerprint density at radius 3 is 1.77 bits per heavy atom. The Balaban J connectivity index is 3.06. The summed E-state index contributed by atoms with van der Waals surface area (Å²) >= 11 is 8.89. The number of allylic oxidation sites excluding steroid dienone is 2. The van der Waals surface area contributed by atoms with E-state index in [-0.39, 0.29) is 0 Å². The minimum absolute atomic E-state index is 0.596. The van der Waals surface area contributed by atoms with E-state index in [1.165, 1.54) is 89.9 Å². The largest absolute Gasteiger partial charge is 0.371 e. The van der Waals surface area contributed by atoms with Crippen molar-refractivity contribution in [3.63, 3.8) is 0 Å². The maximum atomic E-state index is 4.85. The van der Waals surface area contributed by atoms with Crippen molar-refractivity contribution >= 4 is 29.2 Å². The second kappa shape index (κ2) is 23.0. The molecule has 0 aliphatic carbocycles. The van der Waals surface area contributed by atoms with Crippen LogP contribution in [0.2, 0.25) is 0 Å². The van der Waals surface area contributed by atoms with E-state index in [0.29, 0.717) is 4.32 Å². The van der Waals surface area contributed by atoms with Crippen LogP contribution in [0.5, 0.6) is 0 Å². The molecule has 154 valence electrons. The summed E-state index contributed by atoms with van der Waals surface area (Å²) in [5, 5.41) is 6.55. The van der Waals surface area contributed by atoms with Gasteiger partial charge in [0.15, 0.2) is 0 Å². The number of unbranched alkanes of at least 4 members (excludes halogenated alkanes) is 12. The molecule has 0 atom stereocenters. The number of nitrogens with one attached hydrogen (secondary N) is 2. The maximum Gasteiger partial charge on any atom is 0.130 e. The number of hydrogen-bond acceptors (Lipinski definition) is 2. The van der Waals surface area contributed by atoms with Crippen molar-refractivity contribution in [1.82, 2.24) is 10.6 Å². The molecule has 0 aromatic carbocycles. The van der Waals surface area contributed by atoms with Gasteiger partial charge in [-0.05, 0) is 51.6 Å². The van der Waals surface area contributed by atoms with Crippen LogP contribution in [-0.4, -0.2) is 24.0 Å². The first-order valence-electron chi connectivity index (χ1n) is 11.1. The van der Waals surface area contributed by atoms with E-state index in [1.807, 2.05) is 0 Å².